The zero-order chi connectivity index (χ0) is 33.4. The van der Waals surface area contributed by atoms with E-state index >= 15 is 0 Å². The average molecular weight is 646 g/mol. The molecule has 0 aliphatic heterocycles. The van der Waals surface area contributed by atoms with Crippen LogP contribution in [0, 0.1) is 12.7 Å². The molecule has 11 heteroatoms. The molecule has 0 fully saturated rings. The van der Waals surface area contributed by atoms with E-state index in [1.807, 2.05) is 31.2 Å². The number of amides is 1. The predicted octanol–water partition coefficient (Wildman–Crippen LogP) is 6.61. The lowest BCUT2D eigenvalue weighted by molar-refractivity contribution is -0.155. The summed E-state index contributed by atoms with van der Waals surface area (Å²) in [6.45, 7) is 7.07. The van der Waals surface area contributed by atoms with Gasteiger partial charge in [0.15, 0.2) is 0 Å². The van der Waals surface area contributed by atoms with Gasteiger partial charge in [0.2, 0.25) is 0 Å². The molecule has 2 heterocycles. The molecule has 0 spiro atoms. The molecule has 10 nitrogen and oxygen atoms in total. The Morgan fingerprint density at radius 2 is 1.74 bits per heavy atom. The van der Waals surface area contributed by atoms with Gasteiger partial charge in [-0.2, -0.15) is 0 Å². The number of ketones is 1. The van der Waals surface area contributed by atoms with Crippen molar-refractivity contribution in [1.29, 1.82) is 0 Å². The zero-order valence-corrected chi connectivity index (χ0v) is 26.1. The van der Waals surface area contributed by atoms with Crippen LogP contribution in [-0.4, -0.2) is 50.3 Å². The first-order valence-electron chi connectivity index (χ1n) is 14.7. The van der Waals surface area contributed by atoms with E-state index in [0.717, 1.165) is 11.1 Å². The Balaban J connectivity index is 0.00000600. The number of aromatic amines is 1. The SMILES string of the molecule is C.Cc1cccc(CC(=O)Cc2ccc(Oc3ccnc(-c4cc(C(=O)N[C@@H](CCC(=O)OC(C)(C)C)C(=O)O)c[nH]4)c3)cc2F)c1. The van der Waals surface area contributed by atoms with Crippen LogP contribution in [-0.2, 0) is 32.0 Å². The van der Waals surface area contributed by atoms with E-state index in [-0.39, 0.29) is 55.8 Å². The molecule has 0 aliphatic carbocycles. The summed E-state index contributed by atoms with van der Waals surface area (Å²) in [5.74, 6) is -2.58. The minimum absolute atomic E-state index is 0. The van der Waals surface area contributed by atoms with Crippen molar-refractivity contribution in [3.63, 3.8) is 0 Å². The van der Waals surface area contributed by atoms with Crippen LogP contribution in [0.25, 0.3) is 11.4 Å². The third-order valence-corrected chi connectivity index (χ3v) is 6.74. The largest absolute Gasteiger partial charge is 0.480 e. The van der Waals surface area contributed by atoms with Gasteiger partial charge in [0, 0.05) is 43.8 Å². The van der Waals surface area contributed by atoms with Crippen molar-refractivity contribution in [3.05, 3.63) is 101 Å². The second-order valence-corrected chi connectivity index (χ2v) is 11.9. The summed E-state index contributed by atoms with van der Waals surface area (Å²) >= 11 is 0. The highest BCUT2D eigenvalue weighted by atomic mass is 19.1. The summed E-state index contributed by atoms with van der Waals surface area (Å²) in [5.41, 5.74) is 2.51. The number of benzene rings is 2. The standard InChI is InChI=1S/C35H36FN3O7.CH4/c1-21-6-5-7-22(14-21)15-25(40)16-23-8-9-26(18-28(23)36)45-27-12-13-37-31(19-27)30-17-24(20-38-30)33(42)39-29(34(43)44)10-11-32(41)46-35(2,3)4;/h5-9,12-14,17-20,29,38H,10-11,15-16H2,1-4H3,(H,39,42)(H,43,44);1H4/t29-;/m0./s1. The van der Waals surface area contributed by atoms with Gasteiger partial charge in [-0.05, 0) is 63.4 Å². The lowest BCUT2D eigenvalue weighted by atomic mass is 10.0. The lowest BCUT2D eigenvalue weighted by Gasteiger charge is -2.20. The minimum atomic E-state index is -1.30. The maximum Gasteiger partial charge on any atom is 0.326 e. The lowest BCUT2D eigenvalue weighted by Crippen LogP contribution is -2.41. The second kappa shape index (κ2) is 15.8. The molecular weight excluding hydrogens is 605 g/mol. The van der Waals surface area contributed by atoms with Crippen LogP contribution in [0.4, 0.5) is 4.39 Å². The molecule has 2 aromatic carbocycles. The fourth-order valence-corrected chi connectivity index (χ4v) is 4.64. The fourth-order valence-electron chi connectivity index (χ4n) is 4.64. The fraction of sp³-hybridized carbons (Fsp3) is 0.306. The number of esters is 1. The Morgan fingerprint density at radius 1 is 1.00 bits per heavy atom. The maximum absolute atomic E-state index is 14.9. The number of rotatable bonds is 13. The average Bonchev–Trinajstić information content (AvgIpc) is 3.46. The smallest absolute Gasteiger partial charge is 0.326 e. The van der Waals surface area contributed by atoms with Crippen LogP contribution in [0.15, 0.2) is 73.1 Å². The van der Waals surface area contributed by atoms with Crippen LogP contribution >= 0.6 is 0 Å². The van der Waals surface area contributed by atoms with Crippen LogP contribution in [0.2, 0.25) is 0 Å². The number of hydrogen-bond acceptors (Lipinski definition) is 7. The minimum Gasteiger partial charge on any atom is -0.480 e. The van der Waals surface area contributed by atoms with E-state index in [0.29, 0.717) is 17.1 Å². The highest BCUT2D eigenvalue weighted by Crippen LogP contribution is 2.27. The van der Waals surface area contributed by atoms with Crippen molar-refractivity contribution in [2.45, 2.75) is 72.4 Å². The number of Topliss-reactive ketones (excluding diaryl/α,β-unsaturated/α-hetero) is 1. The Kier molecular flexibility index (Phi) is 12.1. The number of halogens is 1. The summed E-state index contributed by atoms with van der Waals surface area (Å²) in [6.07, 6.45) is 2.74. The van der Waals surface area contributed by atoms with Gasteiger partial charge in [-0.1, -0.05) is 43.3 Å². The van der Waals surface area contributed by atoms with Crippen molar-refractivity contribution in [3.8, 4) is 22.9 Å². The molecule has 0 aliphatic rings. The molecule has 1 atom stereocenters. The maximum atomic E-state index is 14.9. The number of aliphatic carboxylic acids is 1. The molecule has 4 rings (SSSR count). The highest BCUT2D eigenvalue weighted by molar-refractivity contribution is 5.97. The summed E-state index contributed by atoms with van der Waals surface area (Å²) in [6, 6.07) is 15.3. The number of carboxylic acid groups (broad SMARTS) is 1. The molecule has 248 valence electrons. The molecule has 0 radical (unpaired) electrons. The Morgan fingerprint density at radius 3 is 2.43 bits per heavy atom. The molecule has 47 heavy (non-hydrogen) atoms. The molecule has 1 amide bonds. The first kappa shape index (κ1) is 36.2. The Hall–Kier alpha value is -5.32. The number of pyridine rings is 1. The first-order chi connectivity index (χ1) is 21.8. The number of carbonyl (C=O) groups is 4. The number of carbonyl (C=O) groups excluding carboxylic acids is 3. The van der Waals surface area contributed by atoms with Crippen molar-refractivity contribution in [2.24, 2.45) is 0 Å². The van der Waals surface area contributed by atoms with Crippen LogP contribution in [0.1, 0.15) is 68.1 Å². The number of aryl methyl sites for hydroxylation is 1. The van der Waals surface area contributed by atoms with Gasteiger partial charge in [-0.25, -0.2) is 9.18 Å². The molecule has 0 unspecified atom stereocenters. The molecule has 4 aromatic rings. The van der Waals surface area contributed by atoms with Crippen molar-refractivity contribution in [1.82, 2.24) is 15.3 Å². The topological polar surface area (TPSA) is 148 Å². The second-order valence-electron chi connectivity index (χ2n) is 11.9. The van der Waals surface area contributed by atoms with Crippen molar-refractivity contribution in [2.75, 3.05) is 0 Å². The molecular formula is C36H40FN3O7. The van der Waals surface area contributed by atoms with E-state index in [1.54, 1.807) is 39.0 Å². The number of aromatic nitrogens is 2. The number of ether oxygens (including phenoxy) is 2. The van der Waals surface area contributed by atoms with E-state index < -0.39 is 35.3 Å². The monoisotopic (exact) mass is 645 g/mol. The molecule has 0 bridgehead atoms. The van der Waals surface area contributed by atoms with E-state index in [2.05, 4.69) is 15.3 Å². The van der Waals surface area contributed by atoms with Gasteiger partial charge in [-0.15, -0.1) is 0 Å². The number of nitrogens with zero attached hydrogens (tertiary/aromatic N) is 1. The van der Waals surface area contributed by atoms with E-state index in [1.165, 1.54) is 30.6 Å². The van der Waals surface area contributed by atoms with Crippen LogP contribution in [0.3, 0.4) is 0 Å². The van der Waals surface area contributed by atoms with Gasteiger partial charge >= 0.3 is 11.9 Å². The van der Waals surface area contributed by atoms with Gasteiger partial charge in [0.1, 0.15) is 34.7 Å². The quantitative estimate of drug-likeness (QED) is 0.138. The summed E-state index contributed by atoms with van der Waals surface area (Å²) < 4.78 is 25.9. The van der Waals surface area contributed by atoms with Crippen LogP contribution in [0.5, 0.6) is 11.5 Å². The van der Waals surface area contributed by atoms with E-state index in [4.69, 9.17) is 9.47 Å². The normalized spacial score (nSPS) is 11.6. The van der Waals surface area contributed by atoms with Gasteiger partial charge < -0.3 is 24.9 Å². The van der Waals surface area contributed by atoms with E-state index in [9.17, 15) is 28.7 Å². The third-order valence-electron chi connectivity index (χ3n) is 6.74. The predicted molar refractivity (Wildman–Crippen MR) is 175 cm³/mol. The number of nitrogens with one attached hydrogen (secondary N) is 2. The van der Waals surface area contributed by atoms with Crippen molar-refractivity contribution >= 4 is 23.6 Å². The molecule has 3 N–H and O–H groups in total. The zero-order valence-electron chi connectivity index (χ0n) is 26.1. The highest BCUT2D eigenvalue weighted by Gasteiger charge is 2.24. The van der Waals surface area contributed by atoms with Gasteiger partial charge in [-0.3, -0.25) is 19.4 Å². The molecule has 0 saturated carbocycles. The third kappa shape index (κ3) is 10.9. The van der Waals surface area contributed by atoms with Crippen LogP contribution < -0.4 is 10.1 Å². The van der Waals surface area contributed by atoms with Crippen molar-refractivity contribution < 1.29 is 38.1 Å². The summed E-state index contributed by atoms with van der Waals surface area (Å²) in [4.78, 5) is 56.3. The molecule has 0 saturated heterocycles. The number of H-pyrrole nitrogens is 1. The number of hydrogen-bond donors (Lipinski definition) is 3. The molecule has 2 aromatic heterocycles. The Labute approximate surface area is 273 Å². The summed E-state index contributed by atoms with van der Waals surface area (Å²) in [7, 11) is 0. The first-order valence-corrected chi connectivity index (χ1v) is 14.7. The van der Waals surface area contributed by atoms with Gasteiger partial charge in [0.25, 0.3) is 5.91 Å². The number of carboxylic acids is 1. The summed E-state index contributed by atoms with van der Waals surface area (Å²) in [5, 5.41) is 12.0. The van der Waals surface area contributed by atoms with Gasteiger partial charge in [0.05, 0.1) is 17.0 Å². The Bertz CT molecular complexity index is 1740.